The lowest BCUT2D eigenvalue weighted by Crippen LogP contribution is -2.32. The van der Waals surface area contributed by atoms with Gasteiger partial charge < -0.3 is 5.73 Å². The Morgan fingerprint density at radius 2 is 2.25 bits per heavy atom. The Morgan fingerprint density at radius 3 is 2.81 bits per heavy atom. The normalized spacial score (nSPS) is 29.2. The van der Waals surface area contributed by atoms with Crippen LogP contribution in [0.4, 0.5) is 0 Å². The van der Waals surface area contributed by atoms with Gasteiger partial charge in [0, 0.05) is 4.88 Å². The van der Waals surface area contributed by atoms with E-state index in [1.165, 1.54) is 24.1 Å². The van der Waals surface area contributed by atoms with E-state index in [0.29, 0.717) is 17.3 Å². The van der Waals surface area contributed by atoms with Crippen molar-refractivity contribution in [3.63, 3.8) is 0 Å². The Morgan fingerprint density at radius 1 is 1.50 bits per heavy atom. The lowest BCUT2D eigenvalue weighted by atomic mass is 9.65. The predicted molar refractivity (Wildman–Crippen MR) is 72.0 cm³/mol. The maximum atomic E-state index is 5.94. The van der Waals surface area contributed by atoms with E-state index >= 15 is 0 Å². The monoisotopic (exact) mass is 237 g/mol. The summed E-state index contributed by atoms with van der Waals surface area (Å²) in [5.74, 6) is 1.39. The van der Waals surface area contributed by atoms with E-state index in [1.807, 2.05) is 11.3 Å². The Kier molecular flexibility index (Phi) is 3.41. The zero-order chi connectivity index (χ0) is 11.8. The van der Waals surface area contributed by atoms with Gasteiger partial charge in [0.25, 0.3) is 0 Å². The van der Waals surface area contributed by atoms with Crippen LogP contribution in [0.5, 0.6) is 0 Å². The van der Waals surface area contributed by atoms with Crippen LogP contribution in [0, 0.1) is 18.3 Å². The first-order chi connectivity index (χ1) is 7.53. The van der Waals surface area contributed by atoms with Crippen LogP contribution in [0.25, 0.3) is 0 Å². The second kappa shape index (κ2) is 4.50. The Hall–Kier alpha value is -0.340. The summed E-state index contributed by atoms with van der Waals surface area (Å²) in [5, 5.41) is 2.22. The molecule has 1 nitrogen and oxygen atoms in total. The molecule has 2 unspecified atom stereocenters. The lowest BCUT2D eigenvalue weighted by molar-refractivity contribution is 0.165. The van der Waals surface area contributed by atoms with E-state index in [4.69, 9.17) is 5.73 Å². The average molecular weight is 237 g/mol. The molecule has 16 heavy (non-hydrogen) atoms. The van der Waals surface area contributed by atoms with Crippen LogP contribution in [-0.2, 0) is 0 Å². The van der Waals surface area contributed by atoms with Crippen molar-refractivity contribution in [3.8, 4) is 0 Å². The molecule has 1 fully saturated rings. The molecule has 2 rings (SSSR count). The number of hydrogen-bond donors (Lipinski definition) is 1. The molecule has 0 saturated heterocycles. The molecule has 1 heterocycles. The first kappa shape index (κ1) is 12.1. The van der Waals surface area contributed by atoms with Crippen molar-refractivity contribution in [2.24, 2.45) is 17.1 Å². The summed E-state index contributed by atoms with van der Waals surface area (Å²) in [7, 11) is 0. The molecular weight excluding hydrogens is 214 g/mol. The molecule has 2 heteroatoms. The zero-order valence-corrected chi connectivity index (χ0v) is 11.4. The Bertz CT molecular complexity index is 353. The second-order valence-corrected chi connectivity index (χ2v) is 7.06. The SMILES string of the molecule is Cc1sccc1C1CC(C)(C)CCC1CN. The van der Waals surface area contributed by atoms with E-state index in [1.54, 1.807) is 5.56 Å². The van der Waals surface area contributed by atoms with E-state index in [0.717, 1.165) is 6.54 Å². The summed E-state index contributed by atoms with van der Waals surface area (Å²) < 4.78 is 0. The molecule has 0 spiro atoms. The molecule has 0 radical (unpaired) electrons. The number of nitrogens with two attached hydrogens (primary N) is 1. The van der Waals surface area contributed by atoms with Crippen LogP contribution in [0.1, 0.15) is 49.5 Å². The zero-order valence-electron chi connectivity index (χ0n) is 10.6. The van der Waals surface area contributed by atoms with Gasteiger partial charge in [0.05, 0.1) is 0 Å². The Labute approximate surface area is 103 Å². The fourth-order valence-corrected chi connectivity index (χ4v) is 3.84. The van der Waals surface area contributed by atoms with Gasteiger partial charge in [-0.3, -0.25) is 0 Å². The minimum absolute atomic E-state index is 0.491. The van der Waals surface area contributed by atoms with Crippen LogP contribution in [0.15, 0.2) is 11.4 Å². The van der Waals surface area contributed by atoms with Crippen LogP contribution in [0.3, 0.4) is 0 Å². The molecule has 1 saturated carbocycles. The molecular formula is C14H23NS. The van der Waals surface area contributed by atoms with Gasteiger partial charge in [-0.2, -0.15) is 0 Å². The van der Waals surface area contributed by atoms with Crippen LogP contribution in [0.2, 0.25) is 0 Å². The van der Waals surface area contributed by atoms with Gasteiger partial charge >= 0.3 is 0 Å². The number of rotatable bonds is 2. The van der Waals surface area contributed by atoms with Gasteiger partial charge in [0.15, 0.2) is 0 Å². The third-order valence-corrected chi connectivity index (χ3v) is 5.00. The van der Waals surface area contributed by atoms with Gasteiger partial charge in [-0.05, 0) is 67.0 Å². The van der Waals surface area contributed by atoms with Crippen LogP contribution >= 0.6 is 11.3 Å². The van der Waals surface area contributed by atoms with Crippen molar-refractivity contribution >= 4 is 11.3 Å². The maximum absolute atomic E-state index is 5.94. The van der Waals surface area contributed by atoms with Crippen molar-refractivity contribution in [2.75, 3.05) is 6.54 Å². The van der Waals surface area contributed by atoms with Crippen LogP contribution in [-0.4, -0.2) is 6.54 Å². The van der Waals surface area contributed by atoms with Crippen molar-refractivity contribution in [1.82, 2.24) is 0 Å². The summed E-state index contributed by atoms with van der Waals surface area (Å²) in [6.45, 7) is 7.88. The van der Waals surface area contributed by atoms with Gasteiger partial charge in [-0.25, -0.2) is 0 Å². The topological polar surface area (TPSA) is 26.0 Å². The Balaban J connectivity index is 2.25. The molecule has 2 atom stereocenters. The van der Waals surface area contributed by atoms with Gasteiger partial charge in [-0.15, -0.1) is 11.3 Å². The highest BCUT2D eigenvalue weighted by Crippen LogP contribution is 2.47. The standard InChI is InChI=1S/C14H23NS/c1-10-12(5-7-16-10)13-8-14(2,3)6-4-11(13)9-15/h5,7,11,13H,4,6,8-9,15H2,1-3H3. The molecule has 0 aliphatic heterocycles. The molecule has 1 aliphatic carbocycles. The lowest BCUT2D eigenvalue weighted by Gasteiger charge is -2.40. The van der Waals surface area contributed by atoms with Crippen molar-refractivity contribution < 1.29 is 0 Å². The first-order valence-corrected chi connectivity index (χ1v) is 7.15. The molecule has 0 bridgehead atoms. The third kappa shape index (κ3) is 2.33. The summed E-state index contributed by atoms with van der Waals surface area (Å²) in [6, 6.07) is 2.31. The molecule has 1 aliphatic rings. The highest BCUT2D eigenvalue weighted by atomic mass is 32.1. The van der Waals surface area contributed by atoms with Crippen LogP contribution < -0.4 is 5.73 Å². The molecule has 1 aromatic heterocycles. The van der Waals surface area contributed by atoms with Gasteiger partial charge in [-0.1, -0.05) is 13.8 Å². The number of thiophene rings is 1. The summed E-state index contributed by atoms with van der Waals surface area (Å²) in [5.41, 5.74) is 8.00. The first-order valence-electron chi connectivity index (χ1n) is 6.27. The van der Waals surface area contributed by atoms with Crippen molar-refractivity contribution in [1.29, 1.82) is 0 Å². The maximum Gasteiger partial charge on any atom is 0.00491 e. The fraction of sp³-hybridized carbons (Fsp3) is 0.714. The van der Waals surface area contributed by atoms with Crippen molar-refractivity contribution in [3.05, 3.63) is 21.9 Å². The number of aryl methyl sites for hydroxylation is 1. The molecule has 0 amide bonds. The molecule has 0 aromatic carbocycles. The third-order valence-electron chi connectivity index (χ3n) is 4.13. The fourth-order valence-electron chi connectivity index (χ4n) is 3.07. The van der Waals surface area contributed by atoms with E-state index in [-0.39, 0.29) is 0 Å². The minimum atomic E-state index is 0.491. The van der Waals surface area contributed by atoms with Gasteiger partial charge in [0.1, 0.15) is 0 Å². The largest absolute Gasteiger partial charge is 0.330 e. The quantitative estimate of drug-likeness (QED) is 0.829. The summed E-state index contributed by atoms with van der Waals surface area (Å²) in [4.78, 5) is 1.49. The second-order valence-electron chi connectivity index (χ2n) is 5.94. The molecule has 2 N–H and O–H groups in total. The summed E-state index contributed by atoms with van der Waals surface area (Å²) in [6.07, 6.45) is 3.92. The molecule has 90 valence electrons. The smallest absolute Gasteiger partial charge is 0.00491 e. The van der Waals surface area contributed by atoms with E-state index in [9.17, 15) is 0 Å². The minimum Gasteiger partial charge on any atom is -0.330 e. The van der Waals surface area contributed by atoms with E-state index < -0.39 is 0 Å². The average Bonchev–Trinajstić information content (AvgIpc) is 2.63. The highest BCUT2D eigenvalue weighted by molar-refractivity contribution is 7.10. The predicted octanol–water partition coefficient (Wildman–Crippen LogP) is 3.93. The number of hydrogen-bond acceptors (Lipinski definition) is 2. The van der Waals surface area contributed by atoms with Gasteiger partial charge in [0.2, 0.25) is 0 Å². The summed E-state index contributed by atoms with van der Waals surface area (Å²) >= 11 is 1.87. The molecule has 1 aromatic rings. The highest BCUT2D eigenvalue weighted by Gasteiger charge is 2.35. The van der Waals surface area contributed by atoms with Crippen molar-refractivity contribution in [2.45, 2.75) is 46.0 Å². The van der Waals surface area contributed by atoms with E-state index in [2.05, 4.69) is 32.2 Å².